The Kier molecular flexibility index (Phi) is 6.84. The number of amides is 1. The molecule has 7 heteroatoms. The van der Waals surface area contributed by atoms with Gasteiger partial charge in [0.25, 0.3) is 5.56 Å². The van der Waals surface area contributed by atoms with Crippen LogP contribution >= 0.6 is 0 Å². The molecule has 1 heterocycles. The number of H-pyrrole nitrogens is 1. The van der Waals surface area contributed by atoms with Crippen LogP contribution in [0.4, 0.5) is 0 Å². The molecule has 3 aromatic rings. The van der Waals surface area contributed by atoms with Gasteiger partial charge in [0, 0.05) is 19.5 Å². The maximum atomic E-state index is 12.5. The van der Waals surface area contributed by atoms with Crippen LogP contribution in [0.25, 0.3) is 10.9 Å². The second-order valence-electron chi connectivity index (χ2n) is 6.87. The first-order chi connectivity index (χ1) is 14.1. The highest BCUT2D eigenvalue weighted by atomic mass is 16.5. The zero-order valence-electron chi connectivity index (χ0n) is 16.4. The zero-order valence-corrected chi connectivity index (χ0v) is 16.4. The van der Waals surface area contributed by atoms with Crippen LogP contribution in [0, 0.1) is 0 Å². The minimum absolute atomic E-state index is 0.0125. The van der Waals surface area contributed by atoms with Crippen molar-refractivity contribution >= 4 is 16.8 Å². The fraction of sp³-hybridized carbons (Fsp3) is 0.318. The maximum Gasteiger partial charge on any atom is 0.328 e. The van der Waals surface area contributed by atoms with Gasteiger partial charge in [0.2, 0.25) is 5.91 Å². The van der Waals surface area contributed by atoms with Crippen molar-refractivity contribution < 1.29 is 9.53 Å². The summed E-state index contributed by atoms with van der Waals surface area (Å²) < 4.78 is 6.34. The molecule has 3 rings (SSSR count). The molecule has 1 amide bonds. The number of rotatable bonds is 9. The van der Waals surface area contributed by atoms with E-state index < -0.39 is 5.69 Å². The third-order valence-corrected chi connectivity index (χ3v) is 4.82. The predicted octanol–water partition coefficient (Wildman–Crippen LogP) is 2.58. The average Bonchev–Trinajstić information content (AvgIpc) is 2.74. The summed E-state index contributed by atoms with van der Waals surface area (Å²) in [4.78, 5) is 39.3. The Balaban J connectivity index is 1.41. The number of ether oxygens (including phenoxy) is 1. The highest BCUT2D eigenvalue weighted by Gasteiger charge is 2.07. The SMILES string of the molecule is COc1ccc(CNC(=O)CCCCCn2c(=O)[nH]c3ccccc3c2=O)cc1. The highest BCUT2D eigenvalue weighted by Crippen LogP contribution is 2.11. The van der Waals surface area contributed by atoms with Crippen LogP contribution < -0.4 is 21.3 Å². The topological polar surface area (TPSA) is 93.2 Å². The molecule has 0 saturated carbocycles. The van der Waals surface area contributed by atoms with Crippen LogP contribution in [-0.2, 0) is 17.9 Å². The molecule has 0 fully saturated rings. The quantitative estimate of drug-likeness (QED) is 0.545. The van der Waals surface area contributed by atoms with Crippen molar-refractivity contribution in [1.29, 1.82) is 0 Å². The van der Waals surface area contributed by atoms with E-state index in [-0.39, 0.29) is 11.5 Å². The smallest absolute Gasteiger partial charge is 0.328 e. The maximum absolute atomic E-state index is 12.5. The number of carbonyl (C=O) groups excluding carboxylic acids is 1. The summed E-state index contributed by atoms with van der Waals surface area (Å²) in [6, 6.07) is 14.5. The summed E-state index contributed by atoms with van der Waals surface area (Å²) in [6.45, 7) is 0.817. The van der Waals surface area contributed by atoms with Crippen LogP contribution in [0.5, 0.6) is 5.75 Å². The van der Waals surface area contributed by atoms with E-state index in [0.29, 0.717) is 43.3 Å². The minimum Gasteiger partial charge on any atom is -0.497 e. The predicted molar refractivity (Wildman–Crippen MR) is 112 cm³/mol. The van der Waals surface area contributed by atoms with E-state index in [1.54, 1.807) is 31.4 Å². The van der Waals surface area contributed by atoms with Crippen LogP contribution in [-0.4, -0.2) is 22.6 Å². The fourth-order valence-electron chi connectivity index (χ4n) is 3.17. The first kappa shape index (κ1) is 20.4. The van der Waals surface area contributed by atoms with Crippen molar-refractivity contribution in [2.75, 3.05) is 7.11 Å². The molecular weight excluding hydrogens is 370 g/mol. The first-order valence-electron chi connectivity index (χ1n) is 9.70. The summed E-state index contributed by atoms with van der Waals surface area (Å²) in [5.41, 5.74) is 0.883. The van der Waals surface area contributed by atoms with E-state index in [9.17, 15) is 14.4 Å². The lowest BCUT2D eigenvalue weighted by Gasteiger charge is -2.07. The molecule has 0 atom stereocenters. The van der Waals surface area contributed by atoms with E-state index in [4.69, 9.17) is 4.74 Å². The van der Waals surface area contributed by atoms with Gasteiger partial charge in [0.1, 0.15) is 5.75 Å². The van der Waals surface area contributed by atoms with E-state index in [0.717, 1.165) is 17.7 Å². The number of benzene rings is 2. The largest absolute Gasteiger partial charge is 0.497 e. The second-order valence-corrected chi connectivity index (χ2v) is 6.87. The molecule has 0 spiro atoms. The molecular formula is C22H25N3O4. The Morgan fingerprint density at radius 3 is 2.55 bits per heavy atom. The molecule has 0 aliphatic rings. The number of aromatic nitrogens is 2. The summed E-state index contributed by atoms with van der Waals surface area (Å²) >= 11 is 0. The van der Waals surface area contributed by atoms with Gasteiger partial charge in [0.05, 0.1) is 18.0 Å². The van der Waals surface area contributed by atoms with E-state index in [1.807, 2.05) is 24.3 Å². The van der Waals surface area contributed by atoms with Gasteiger partial charge in [0.15, 0.2) is 0 Å². The first-order valence-corrected chi connectivity index (χ1v) is 9.70. The standard InChI is InChI=1S/C22H25N3O4/c1-29-17-12-10-16(11-13-17)15-23-20(26)9-3-2-6-14-25-21(27)18-7-4-5-8-19(18)24-22(25)28/h4-5,7-8,10-13H,2-3,6,9,14-15H2,1H3,(H,23,26)(H,24,28). The lowest BCUT2D eigenvalue weighted by molar-refractivity contribution is -0.121. The van der Waals surface area contributed by atoms with Gasteiger partial charge in [-0.15, -0.1) is 0 Å². The number of fused-ring (bicyclic) bond motifs is 1. The third kappa shape index (κ3) is 5.34. The lowest BCUT2D eigenvalue weighted by atomic mass is 10.1. The Morgan fingerprint density at radius 1 is 1.03 bits per heavy atom. The normalized spacial score (nSPS) is 10.8. The monoisotopic (exact) mass is 395 g/mol. The Hall–Kier alpha value is -3.35. The summed E-state index contributed by atoms with van der Waals surface area (Å²) in [6.07, 6.45) is 2.54. The van der Waals surface area contributed by atoms with Gasteiger partial charge < -0.3 is 15.0 Å². The average molecular weight is 395 g/mol. The van der Waals surface area contributed by atoms with E-state index in [2.05, 4.69) is 10.3 Å². The van der Waals surface area contributed by atoms with Crippen molar-refractivity contribution in [2.45, 2.75) is 38.8 Å². The zero-order chi connectivity index (χ0) is 20.6. The Bertz CT molecular complexity index is 1080. The van der Waals surface area contributed by atoms with Crippen molar-refractivity contribution in [3.63, 3.8) is 0 Å². The number of aromatic amines is 1. The van der Waals surface area contributed by atoms with Crippen LogP contribution in [0.1, 0.15) is 31.2 Å². The van der Waals surface area contributed by atoms with Crippen LogP contribution in [0.3, 0.4) is 0 Å². The van der Waals surface area contributed by atoms with Crippen LogP contribution in [0.2, 0.25) is 0 Å². The molecule has 7 nitrogen and oxygen atoms in total. The minimum atomic E-state index is -0.397. The van der Waals surface area contributed by atoms with Gasteiger partial charge in [-0.25, -0.2) is 4.79 Å². The fourth-order valence-corrected chi connectivity index (χ4v) is 3.17. The van der Waals surface area contributed by atoms with Crippen molar-refractivity contribution in [3.8, 4) is 5.75 Å². The molecule has 2 N–H and O–H groups in total. The Morgan fingerprint density at radius 2 is 1.79 bits per heavy atom. The van der Waals surface area contributed by atoms with Gasteiger partial charge in [-0.05, 0) is 42.7 Å². The van der Waals surface area contributed by atoms with E-state index >= 15 is 0 Å². The molecule has 29 heavy (non-hydrogen) atoms. The molecule has 152 valence electrons. The second kappa shape index (κ2) is 9.73. The number of nitrogens with zero attached hydrogens (tertiary/aromatic N) is 1. The van der Waals surface area contributed by atoms with E-state index in [1.165, 1.54) is 4.57 Å². The third-order valence-electron chi connectivity index (χ3n) is 4.82. The van der Waals surface area contributed by atoms with Crippen molar-refractivity contribution in [3.05, 3.63) is 74.9 Å². The molecule has 0 aliphatic carbocycles. The van der Waals surface area contributed by atoms with Crippen LogP contribution in [0.15, 0.2) is 58.1 Å². The van der Waals surface area contributed by atoms with Gasteiger partial charge in [-0.3, -0.25) is 14.2 Å². The molecule has 0 saturated heterocycles. The van der Waals surface area contributed by atoms with Crippen molar-refractivity contribution in [2.24, 2.45) is 0 Å². The number of methoxy groups -OCH3 is 1. The summed E-state index contributed by atoms with van der Waals surface area (Å²) in [5, 5.41) is 3.40. The summed E-state index contributed by atoms with van der Waals surface area (Å²) in [5.74, 6) is 0.769. The number of hydrogen-bond acceptors (Lipinski definition) is 4. The number of nitrogens with one attached hydrogen (secondary N) is 2. The molecule has 0 unspecified atom stereocenters. The molecule has 0 radical (unpaired) electrons. The van der Waals surface area contributed by atoms with Gasteiger partial charge in [-0.1, -0.05) is 30.7 Å². The number of carbonyl (C=O) groups is 1. The molecule has 2 aromatic carbocycles. The van der Waals surface area contributed by atoms with Gasteiger partial charge >= 0.3 is 5.69 Å². The molecule has 1 aromatic heterocycles. The highest BCUT2D eigenvalue weighted by molar-refractivity contribution is 5.77. The summed E-state index contributed by atoms with van der Waals surface area (Å²) in [7, 11) is 1.61. The number of para-hydroxylation sites is 1. The van der Waals surface area contributed by atoms with Crippen molar-refractivity contribution in [1.82, 2.24) is 14.9 Å². The Labute approximate surface area is 168 Å². The van der Waals surface area contributed by atoms with Gasteiger partial charge in [-0.2, -0.15) is 0 Å². The molecule has 0 aliphatic heterocycles. The number of hydrogen-bond donors (Lipinski definition) is 2. The lowest BCUT2D eigenvalue weighted by Crippen LogP contribution is -2.35. The molecule has 0 bridgehead atoms. The number of unbranched alkanes of at least 4 members (excludes halogenated alkanes) is 2.